The van der Waals surface area contributed by atoms with Crippen molar-refractivity contribution in [3.8, 4) is 11.5 Å². The van der Waals surface area contributed by atoms with Crippen LogP contribution in [-0.4, -0.2) is 42.3 Å². The van der Waals surface area contributed by atoms with Crippen LogP contribution in [0.25, 0.3) is 0 Å². The number of hydrazone groups is 1. The maximum atomic E-state index is 12.5. The van der Waals surface area contributed by atoms with E-state index in [1.54, 1.807) is 13.0 Å². The van der Waals surface area contributed by atoms with Crippen molar-refractivity contribution in [2.45, 2.75) is 30.4 Å². The summed E-state index contributed by atoms with van der Waals surface area (Å²) in [5.74, 6) is 0.195. The Kier molecular flexibility index (Phi) is 8.72. The summed E-state index contributed by atoms with van der Waals surface area (Å²) in [4.78, 5) is 12.5. The number of phenols is 2. The highest BCUT2D eigenvalue weighted by molar-refractivity contribution is 14.1. The second-order valence-corrected chi connectivity index (χ2v) is 9.45. The molecule has 0 radical (unpaired) electrons. The van der Waals surface area contributed by atoms with Crippen molar-refractivity contribution >= 4 is 52.2 Å². The number of anilines is 1. The zero-order valence-electron chi connectivity index (χ0n) is 17.8. The van der Waals surface area contributed by atoms with Crippen molar-refractivity contribution in [1.82, 2.24) is 20.2 Å². The summed E-state index contributed by atoms with van der Waals surface area (Å²) in [5.41, 5.74) is 3.79. The lowest BCUT2D eigenvalue weighted by Gasteiger charge is -2.12. The number of carbonyl (C=O) groups excluding carboxylic acids is 1. The number of phenolic OH excluding ortho intramolecular Hbond substituents is 2. The number of amides is 1. The van der Waals surface area contributed by atoms with Crippen LogP contribution in [0, 0.1) is 3.57 Å². The summed E-state index contributed by atoms with van der Waals surface area (Å²) in [5, 5.41) is 34.9. The largest absolute Gasteiger partial charge is 0.508 e. The number of benzene rings is 2. The molecule has 0 aliphatic rings. The lowest BCUT2D eigenvalue weighted by molar-refractivity contribution is -0.120. The second-order valence-electron chi connectivity index (χ2n) is 6.90. The predicted octanol–water partition coefficient (Wildman–Crippen LogP) is 3.72. The average molecular weight is 578 g/mol. The van der Waals surface area contributed by atoms with Crippen LogP contribution >= 0.6 is 34.4 Å². The quantitative estimate of drug-likeness (QED) is 0.0951. The van der Waals surface area contributed by atoms with Crippen LogP contribution in [0.1, 0.15) is 18.3 Å². The molecule has 4 N–H and O–H groups in total. The molecule has 0 spiro atoms. The van der Waals surface area contributed by atoms with E-state index in [0.29, 0.717) is 23.8 Å². The van der Waals surface area contributed by atoms with Crippen LogP contribution in [0.15, 0.2) is 65.4 Å². The van der Waals surface area contributed by atoms with Crippen LogP contribution in [-0.2, 0) is 17.9 Å². The Morgan fingerprint density at radius 3 is 2.73 bits per heavy atom. The van der Waals surface area contributed by atoms with E-state index in [9.17, 15) is 15.0 Å². The number of nitrogens with zero attached hydrogens (tertiary/aromatic N) is 4. The first-order chi connectivity index (χ1) is 15.9. The first kappa shape index (κ1) is 24.6. The molecule has 2 aromatic carbocycles. The van der Waals surface area contributed by atoms with Gasteiger partial charge < -0.3 is 20.1 Å². The Morgan fingerprint density at radius 1 is 1.27 bits per heavy atom. The Balaban J connectivity index is 1.61. The number of carbonyl (C=O) groups is 1. The normalized spacial score (nSPS) is 11.9. The molecular weight excluding hydrogens is 555 g/mol. The molecule has 0 saturated heterocycles. The zero-order chi connectivity index (χ0) is 23.8. The van der Waals surface area contributed by atoms with E-state index in [0.717, 1.165) is 15.1 Å². The van der Waals surface area contributed by atoms with Crippen LogP contribution < -0.4 is 10.7 Å². The molecule has 1 amide bonds. The standard InChI is InChI=1S/C22H23IN6O3S/c1-3-10-29-20(13-24-17-7-5-16(23)6-8-17)26-28-22(29)33-14(2)21(32)27-25-12-15-4-9-18(30)11-19(15)31/h3-9,11-12,14,24,30-31H,1,10,13H2,2H3,(H,27,32)/b25-12-/t14-/m0/s1. The first-order valence-corrected chi connectivity index (χ1v) is 11.9. The molecule has 33 heavy (non-hydrogen) atoms. The van der Waals surface area contributed by atoms with Crippen molar-refractivity contribution in [2.75, 3.05) is 5.32 Å². The van der Waals surface area contributed by atoms with Crippen molar-refractivity contribution < 1.29 is 15.0 Å². The van der Waals surface area contributed by atoms with Crippen molar-refractivity contribution in [2.24, 2.45) is 5.10 Å². The smallest absolute Gasteiger partial charge is 0.253 e. The summed E-state index contributed by atoms with van der Waals surface area (Å²) in [6.07, 6.45) is 3.06. The molecular formula is C22H23IN6O3S. The zero-order valence-corrected chi connectivity index (χ0v) is 20.7. The van der Waals surface area contributed by atoms with Gasteiger partial charge in [0.05, 0.1) is 18.0 Å². The van der Waals surface area contributed by atoms with Gasteiger partial charge in [0.2, 0.25) is 0 Å². The van der Waals surface area contributed by atoms with Crippen LogP contribution in [0.3, 0.4) is 0 Å². The Morgan fingerprint density at radius 2 is 2.03 bits per heavy atom. The van der Waals surface area contributed by atoms with Crippen molar-refractivity contribution in [3.05, 3.63) is 70.1 Å². The number of aromatic hydroxyl groups is 2. The Hall–Kier alpha value is -3.06. The third-order valence-electron chi connectivity index (χ3n) is 4.44. The lowest BCUT2D eigenvalue weighted by atomic mass is 10.2. The number of nitrogens with one attached hydrogen (secondary N) is 2. The van der Waals surface area contributed by atoms with E-state index in [1.165, 1.54) is 36.2 Å². The van der Waals surface area contributed by atoms with Gasteiger partial charge in [-0.15, -0.1) is 16.8 Å². The minimum absolute atomic E-state index is 0.0598. The van der Waals surface area contributed by atoms with E-state index in [4.69, 9.17) is 0 Å². The average Bonchev–Trinajstić information content (AvgIpc) is 3.16. The minimum Gasteiger partial charge on any atom is -0.508 e. The number of aromatic nitrogens is 3. The molecule has 1 heterocycles. The summed E-state index contributed by atoms with van der Waals surface area (Å²) >= 11 is 3.51. The topological polar surface area (TPSA) is 125 Å². The Bertz CT molecular complexity index is 1150. The fraction of sp³-hybridized carbons (Fsp3) is 0.182. The fourth-order valence-electron chi connectivity index (χ4n) is 2.71. The summed E-state index contributed by atoms with van der Waals surface area (Å²) in [6, 6.07) is 12.1. The first-order valence-electron chi connectivity index (χ1n) is 9.91. The van der Waals surface area contributed by atoms with Gasteiger partial charge in [-0.05, 0) is 65.9 Å². The van der Waals surface area contributed by atoms with E-state index in [2.05, 4.69) is 55.2 Å². The summed E-state index contributed by atoms with van der Waals surface area (Å²) in [6.45, 7) is 6.52. The molecule has 0 aliphatic carbocycles. The van der Waals surface area contributed by atoms with Gasteiger partial charge >= 0.3 is 0 Å². The number of rotatable bonds is 10. The van der Waals surface area contributed by atoms with Gasteiger partial charge in [-0.1, -0.05) is 17.8 Å². The van der Waals surface area contributed by atoms with Gasteiger partial charge in [0, 0.05) is 27.4 Å². The maximum Gasteiger partial charge on any atom is 0.253 e. The van der Waals surface area contributed by atoms with Gasteiger partial charge in [-0.25, -0.2) is 5.43 Å². The monoisotopic (exact) mass is 578 g/mol. The molecule has 11 heteroatoms. The van der Waals surface area contributed by atoms with Crippen molar-refractivity contribution in [1.29, 1.82) is 0 Å². The molecule has 0 saturated carbocycles. The second kappa shape index (κ2) is 11.7. The fourth-order valence-corrected chi connectivity index (χ4v) is 3.94. The van der Waals surface area contributed by atoms with Gasteiger partial charge in [-0.2, -0.15) is 5.10 Å². The molecule has 0 bridgehead atoms. The highest BCUT2D eigenvalue weighted by Crippen LogP contribution is 2.24. The third kappa shape index (κ3) is 6.96. The number of thioether (sulfide) groups is 1. The highest BCUT2D eigenvalue weighted by atomic mass is 127. The summed E-state index contributed by atoms with van der Waals surface area (Å²) in [7, 11) is 0. The van der Waals surface area contributed by atoms with Crippen LogP contribution in [0.5, 0.6) is 11.5 Å². The molecule has 172 valence electrons. The van der Waals surface area contributed by atoms with Crippen LogP contribution in [0.4, 0.5) is 5.69 Å². The minimum atomic E-state index is -0.500. The maximum absolute atomic E-state index is 12.5. The third-order valence-corrected chi connectivity index (χ3v) is 6.24. The highest BCUT2D eigenvalue weighted by Gasteiger charge is 2.19. The lowest BCUT2D eigenvalue weighted by Crippen LogP contribution is -2.27. The number of halogens is 1. The van der Waals surface area contributed by atoms with E-state index < -0.39 is 5.25 Å². The predicted molar refractivity (Wildman–Crippen MR) is 138 cm³/mol. The number of allylic oxidation sites excluding steroid dienone is 1. The van der Waals surface area contributed by atoms with E-state index in [1.807, 2.05) is 28.8 Å². The van der Waals surface area contributed by atoms with Crippen LogP contribution in [0.2, 0.25) is 0 Å². The van der Waals surface area contributed by atoms with Gasteiger partial charge in [0.25, 0.3) is 5.91 Å². The molecule has 0 fully saturated rings. The van der Waals surface area contributed by atoms with Gasteiger partial charge in [0.1, 0.15) is 11.5 Å². The molecule has 3 rings (SSSR count). The summed E-state index contributed by atoms with van der Waals surface area (Å²) < 4.78 is 3.06. The number of hydrogen-bond donors (Lipinski definition) is 4. The molecule has 9 nitrogen and oxygen atoms in total. The van der Waals surface area contributed by atoms with Gasteiger partial charge in [0.15, 0.2) is 11.0 Å². The SMILES string of the molecule is C=CCn1c(CNc2ccc(I)cc2)nnc1S[C@@H](C)C(=O)N/N=C\c1ccc(O)cc1O. The Labute approximate surface area is 209 Å². The molecule has 1 atom stereocenters. The molecule has 0 unspecified atom stereocenters. The molecule has 0 aliphatic heterocycles. The van der Waals surface area contributed by atoms with Gasteiger partial charge in [-0.3, -0.25) is 4.79 Å². The molecule has 1 aromatic heterocycles. The van der Waals surface area contributed by atoms with E-state index >= 15 is 0 Å². The molecule has 3 aromatic rings. The number of hydrogen-bond acceptors (Lipinski definition) is 8. The van der Waals surface area contributed by atoms with E-state index in [-0.39, 0.29) is 17.4 Å². The van der Waals surface area contributed by atoms with Crippen molar-refractivity contribution in [3.63, 3.8) is 0 Å².